The van der Waals surface area contributed by atoms with Gasteiger partial charge in [0.15, 0.2) is 5.69 Å². The summed E-state index contributed by atoms with van der Waals surface area (Å²) in [6.45, 7) is 1.67. The van der Waals surface area contributed by atoms with Crippen LogP contribution in [0.25, 0.3) is 10.6 Å². The van der Waals surface area contributed by atoms with Crippen LogP contribution in [0.3, 0.4) is 0 Å². The number of nitrogens with one attached hydrogen (secondary N) is 3. The number of H-pyrrole nitrogens is 1. The standard InChI is InChI=1S/C19H16N4O2S/c1-13(24)21-15-8-6-14(7-9-15)4-2-10-20-19(25)17-12-16(22-23-17)18-5-3-11-26-18/h3,5-9,11-12H,10H2,1H3,(H,20,25)(H,21,24)(H,22,23). The Bertz CT molecular complexity index is 963. The number of hydrogen-bond acceptors (Lipinski definition) is 4. The van der Waals surface area contributed by atoms with Crippen molar-refractivity contribution >= 4 is 28.8 Å². The van der Waals surface area contributed by atoms with E-state index in [9.17, 15) is 9.59 Å². The number of anilines is 1. The zero-order valence-corrected chi connectivity index (χ0v) is 14.8. The molecule has 0 saturated heterocycles. The number of thiophene rings is 1. The molecule has 2 aromatic heterocycles. The van der Waals surface area contributed by atoms with Gasteiger partial charge in [-0.05, 0) is 41.8 Å². The number of aromatic nitrogens is 2. The Morgan fingerprint density at radius 2 is 2.04 bits per heavy atom. The summed E-state index contributed by atoms with van der Waals surface area (Å²) in [5, 5.41) is 14.3. The van der Waals surface area contributed by atoms with Crippen molar-refractivity contribution in [1.29, 1.82) is 0 Å². The number of carbonyl (C=O) groups excluding carboxylic acids is 2. The van der Waals surface area contributed by atoms with E-state index in [2.05, 4.69) is 32.7 Å². The Morgan fingerprint density at radius 3 is 2.73 bits per heavy atom. The zero-order chi connectivity index (χ0) is 18.4. The van der Waals surface area contributed by atoms with Crippen LogP contribution < -0.4 is 10.6 Å². The Balaban J connectivity index is 1.53. The third-order valence-electron chi connectivity index (χ3n) is 3.37. The molecule has 1 aromatic carbocycles. The zero-order valence-electron chi connectivity index (χ0n) is 14.0. The number of hydrogen-bond donors (Lipinski definition) is 3. The first-order chi connectivity index (χ1) is 12.6. The summed E-state index contributed by atoms with van der Waals surface area (Å²) in [6, 6.07) is 12.8. The molecule has 0 unspecified atom stereocenters. The number of rotatable bonds is 4. The molecule has 0 aliphatic rings. The maximum atomic E-state index is 12.1. The van der Waals surface area contributed by atoms with E-state index >= 15 is 0 Å². The molecule has 130 valence electrons. The molecule has 26 heavy (non-hydrogen) atoms. The molecule has 0 fully saturated rings. The van der Waals surface area contributed by atoms with Crippen LogP contribution in [-0.4, -0.2) is 28.6 Å². The molecule has 0 atom stereocenters. The van der Waals surface area contributed by atoms with E-state index in [1.807, 2.05) is 17.5 Å². The van der Waals surface area contributed by atoms with Crippen molar-refractivity contribution in [3.8, 4) is 22.4 Å². The van der Waals surface area contributed by atoms with E-state index < -0.39 is 0 Å². The Hall–Kier alpha value is -3.37. The van der Waals surface area contributed by atoms with Crippen LogP contribution in [0.1, 0.15) is 23.0 Å². The lowest BCUT2D eigenvalue weighted by Crippen LogP contribution is -2.23. The van der Waals surface area contributed by atoms with Crippen molar-refractivity contribution in [3.63, 3.8) is 0 Å². The van der Waals surface area contributed by atoms with Gasteiger partial charge in [-0.25, -0.2) is 0 Å². The SMILES string of the molecule is CC(=O)Nc1ccc(C#CCNC(=O)c2cc(-c3cccs3)[nH]n2)cc1. The minimum atomic E-state index is -0.278. The van der Waals surface area contributed by atoms with Crippen LogP contribution in [-0.2, 0) is 4.79 Å². The van der Waals surface area contributed by atoms with Gasteiger partial charge in [0.2, 0.25) is 5.91 Å². The summed E-state index contributed by atoms with van der Waals surface area (Å²) < 4.78 is 0. The van der Waals surface area contributed by atoms with Gasteiger partial charge in [0, 0.05) is 18.2 Å². The Labute approximate surface area is 154 Å². The summed E-state index contributed by atoms with van der Waals surface area (Å²) in [4.78, 5) is 24.1. The van der Waals surface area contributed by atoms with Crippen molar-refractivity contribution in [2.24, 2.45) is 0 Å². The van der Waals surface area contributed by atoms with E-state index in [-0.39, 0.29) is 18.4 Å². The molecule has 2 amide bonds. The summed E-state index contributed by atoms with van der Waals surface area (Å²) in [5.74, 6) is 5.45. The lowest BCUT2D eigenvalue weighted by molar-refractivity contribution is -0.114. The highest BCUT2D eigenvalue weighted by Crippen LogP contribution is 2.22. The van der Waals surface area contributed by atoms with Gasteiger partial charge in [-0.1, -0.05) is 17.9 Å². The van der Waals surface area contributed by atoms with Crippen molar-refractivity contribution in [1.82, 2.24) is 15.5 Å². The quantitative estimate of drug-likeness (QED) is 0.622. The first kappa shape index (κ1) is 17.5. The largest absolute Gasteiger partial charge is 0.340 e. The molecule has 3 N–H and O–H groups in total. The van der Waals surface area contributed by atoms with Gasteiger partial charge < -0.3 is 10.6 Å². The van der Waals surface area contributed by atoms with Gasteiger partial charge in [0.05, 0.1) is 17.1 Å². The van der Waals surface area contributed by atoms with Crippen LogP contribution in [0.4, 0.5) is 5.69 Å². The molecule has 0 spiro atoms. The van der Waals surface area contributed by atoms with E-state index in [0.29, 0.717) is 5.69 Å². The highest BCUT2D eigenvalue weighted by Gasteiger charge is 2.10. The fourth-order valence-corrected chi connectivity index (χ4v) is 2.89. The Morgan fingerprint density at radius 1 is 1.23 bits per heavy atom. The first-order valence-corrected chi connectivity index (χ1v) is 8.74. The smallest absolute Gasteiger partial charge is 0.272 e. The van der Waals surface area contributed by atoms with Gasteiger partial charge in [-0.3, -0.25) is 14.7 Å². The molecule has 7 heteroatoms. The van der Waals surface area contributed by atoms with Crippen molar-refractivity contribution in [2.45, 2.75) is 6.92 Å². The molecular formula is C19H16N4O2S. The molecule has 2 heterocycles. The van der Waals surface area contributed by atoms with Crippen molar-refractivity contribution in [2.75, 3.05) is 11.9 Å². The molecule has 0 radical (unpaired) electrons. The molecular weight excluding hydrogens is 348 g/mol. The highest BCUT2D eigenvalue weighted by atomic mass is 32.1. The third kappa shape index (κ3) is 4.59. The molecule has 0 saturated carbocycles. The third-order valence-corrected chi connectivity index (χ3v) is 4.28. The van der Waals surface area contributed by atoms with Crippen LogP contribution >= 0.6 is 11.3 Å². The number of nitrogens with zero attached hydrogens (tertiary/aromatic N) is 1. The predicted molar refractivity (Wildman–Crippen MR) is 102 cm³/mol. The van der Waals surface area contributed by atoms with Gasteiger partial charge in [-0.15, -0.1) is 11.3 Å². The minimum Gasteiger partial charge on any atom is -0.340 e. The van der Waals surface area contributed by atoms with E-state index in [0.717, 1.165) is 21.8 Å². The number of aromatic amines is 1. The van der Waals surface area contributed by atoms with Gasteiger partial charge in [0.25, 0.3) is 5.91 Å². The molecule has 6 nitrogen and oxygen atoms in total. The average Bonchev–Trinajstić information content (AvgIpc) is 3.30. The lowest BCUT2D eigenvalue weighted by Gasteiger charge is -2.00. The van der Waals surface area contributed by atoms with Crippen LogP contribution in [0.15, 0.2) is 47.8 Å². The number of carbonyl (C=O) groups is 2. The average molecular weight is 364 g/mol. The van der Waals surface area contributed by atoms with Crippen molar-refractivity contribution in [3.05, 3.63) is 59.1 Å². The van der Waals surface area contributed by atoms with Crippen molar-refractivity contribution < 1.29 is 9.59 Å². The van der Waals surface area contributed by atoms with Crippen LogP contribution in [0.2, 0.25) is 0 Å². The lowest BCUT2D eigenvalue weighted by atomic mass is 10.2. The highest BCUT2D eigenvalue weighted by molar-refractivity contribution is 7.13. The topological polar surface area (TPSA) is 86.9 Å². The fraction of sp³-hybridized carbons (Fsp3) is 0.105. The number of amides is 2. The normalized spacial score (nSPS) is 9.88. The fourth-order valence-electron chi connectivity index (χ4n) is 2.20. The van der Waals surface area contributed by atoms with Gasteiger partial charge in [-0.2, -0.15) is 5.10 Å². The first-order valence-electron chi connectivity index (χ1n) is 7.86. The second-order valence-corrected chi connectivity index (χ2v) is 6.33. The second kappa shape index (κ2) is 8.14. The summed E-state index contributed by atoms with van der Waals surface area (Å²) >= 11 is 1.58. The maximum absolute atomic E-state index is 12.1. The van der Waals surface area contributed by atoms with Gasteiger partial charge >= 0.3 is 0 Å². The summed E-state index contributed by atoms with van der Waals surface area (Å²) in [7, 11) is 0. The minimum absolute atomic E-state index is 0.118. The predicted octanol–water partition coefficient (Wildman–Crippen LogP) is 2.88. The number of benzene rings is 1. The van der Waals surface area contributed by atoms with Crippen LogP contribution in [0, 0.1) is 11.8 Å². The van der Waals surface area contributed by atoms with E-state index in [4.69, 9.17) is 0 Å². The molecule has 3 rings (SSSR count). The molecule has 0 aliphatic heterocycles. The van der Waals surface area contributed by atoms with Gasteiger partial charge in [0.1, 0.15) is 0 Å². The molecule has 3 aromatic rings. The van der Waals surface area contributed by atoms with E-state index in [1.165, 1.54) is 6.92 Å². The molecule has 0 aliphatic carbocycles. The van der Waals surface area contributed by atoms with Crippen LogP contribution in [0.5, 0.6) is 0 Å². The molecule has 0 bridgehead atoms. The van der Waals surface area contributed by atoms with E-state index in [1.54, 1.807) is 41.7 Å². The Kier molecular flexibility index (Phi) is 5.46. The second-order valence-electron chi connectivity index (χ2n) is 5.39. The summed E-state index contributed by atoms with van der Waals surface area (Å²) in [6.07, 6.45) is 0. The maximum Gasteiger partial charge on any atom is 0.272 e. The monoisotopic (exact) mass is 364 g/mol. The summed E-state index contributed by atoms with van der Waals surface area (Å²) in [5.41, 5.74) is 2.66.